The number of thiazole rings is 1. The van der Waals surface area contributed by atoms with Crippen LogP contribution in [0.25, 0.3) is 10.2 Å². The molecular weight excluding hydrogens is 322 g/mol. The van der Waals surface area contributed by atoms with Gasteiger partial charge in [-0.25, -0.2) is 4.98 Å². The minimum absolute atomic E-state index is 0.0706. The highest BCUT2D eigenvalue weighted by molar-refractivity contribution is 7.16. The number of carbonyl (C=O) groups excluding carboxylic acids is 2. The van der Waals surface area contributed by atoms with Crippen LogP contribution in [0.5, 0.6) is 0 Å². The summed E-state index contributed by atoms with van der Waals surface area (Å²) in [6.07, 6.45) is 4.74. The van der Waals surface area contributed by atoms with Crippen molar-refractivity contribution in [1.82, 2.24) is 14.8 Å². The smallest absolute Gasteiger partial charge is 0.254 e. The van der Waals surface area contributed by atoms with Crippen molar-refractivity contribution >= 4 is 33.4 Å². The van der Waals surface area contributed by atoms with Crippen molar-refractivity contribution < 1.29 is 9.59 Å². The molecule has 0 aliphatic carbocycles. The van der Waals surface area contributed by atoms with Crippen LogP contribution in [0.15, 0.2) is 23.7 Å². The lowest BCUT2D eigenvalue weighted by molar-refractivity contribution is -0.128. The largest absolute Gasteiger partial charge is 0.341 e. The van der Waals surface area contributed by atoms with E-state index < -0.39 is 0 Å². The van der Waals surface area contributed by atoms with Crippen LogP contribution in [0.1, 0.15) is 42.5 Å². The molecule has 3 heterocycles. The van der Waals surface area contributed by atoms with Gasteiger partial charge in [0.15, 0.2) is 0 Å². The first kappa shape index (κ1) is 15.6. The van der Waals surface area contributed by atoms with Gasteiger partial charge in [0.2, 0.25) is 5.91 Å². The molecule has 1 aromatic carbocycles. The number of benzene rings is 1. The van der Waals surface area contributed by atoms with Crippen molar-refractivity contribution in [3.8, 4) is 0 Å². The van der Waals surface area contributed by atoms with Crippen LogP contribution in [0, 0.1) is 0 Å². The predicted molar refractivity (Wildman–Crippen MR) is 94.1 cm³/mol. The van der Waals surface area contributed by atoms with E-state index in [9.17, 15) is 9.59 Å². The Bertz CT molecular complexity index is 772. The van der Waals surface area contributed by atoms with Gasteiger partial charge in [-0.15, -0.1) is 11.3 Å². The Balaban J connectivity index is 1.54. The van der Waals surface area contributed by atoms with Crippen molar-refractivity contribution in [3.63, 3.8) is 0 Å². The highest BCUT2D eigenvalue weighted by Gasteiger charge is 2.31. The third-order valence-electron chi connectivity index (χ3n) is 5.07. The zero-order chi connectivity index (χ0) is 16.5. The summed E-state index contributed by atoms with van der Waals surface area (Å²) in [5.74, 6) is 0.304. The van der Waals surface area contributed by atoms with E-state index in [0.29, 0.717) is 18.5 Å². The number of likely N-dealkylation sites (tertiary alicyclic amines) is 2. The van der Waals surface area contributed by atoms with E-state index in [1.165, 1.54) is 0 Å². The maximum absolute atomic E-state index is 13.0. The Kier molecular flexibility index (Phi) is 4.22. The Morgan fingerprint density at radius 3 is 3.00 bits per heavy atom. The second-order valence-corrected chi connectivity index (χ2v) is 7.51. The molecule has 0 radical (unpaired) electrons. The van der Waals surface area contributed by atoms with E-state index in [0.717, 1.165) is 49.0 Å². The lowest BCUT2D eigenvalue weighted by atomic mass is 10.00. The Labute approximate surface area is 145 Å². The second kappa shape index (κ2) is 6.51. The third kappa shape index (κ3) is 2.90. The molecule has 1 unspecified atom stereocenters. The van der Waals surface area contributed by atoms with Gasteiger partial charge in [-0.3, -0.25) is 9.59 Å². The van der Waals surface area contributed by atoms with Gasteiger partial charge >= 0.3 is 0 Å². The number of amides is 2. The number of rotatable bonds is 3. The average Bonchev–Trinajstić information content (AvgIpc) is 3.23. The minimum Gasteiger partial charge on any atom is -0.341 e. The monoisotopic (exact) mass is 343 g/mol. The topological polar surface area (TPSA) is 53.5 Å². The van der Waals surface area contributed by atoms with E-state index in [-0.39, 0.29) is 17.9 Å². The van der Waals surface area contributed by atoms with Crippen LogP contribution >= 0.6 is 11.3 Å². The van der Waals surface area contributed by atoms with Crippen molar-refractivity contribution in [3.05, 3.63) is 29.3 Å². The fraction of sp³-hybridized carbons (Fsp3) is 0.500. The van der Waals surface area contributed by atoms with Crippen LogP contribution in [-0.4, -0.2) is 52.3 Å². The summed E-state index contributed by atoms with van der Waals surface area (Å²) in [4.78, 5) is 33.2. The van der Waals surface area contributed by atoms with E-state index in [4.69, 9.17) is 0 Å². The SMILES string of the molecule is O=C1CCCN1CC1CCCCN1C(=O)c1ccc2scnc2c1. The highest BCUT2D eigenvalue weighted by Crippen LogP contribution is 2.24. The molecule has 1 atom stereocenters. The van der Waals surface area contributed by atoms with E-state index in [2.05, 4.69) is 4.98 Å². The molecule has 2 amide bonds. The Morgan fingerprint density at radius 1 is 1.25 bits per heavy atom. The quantitative estimate of drug-likeness (QED) is 0.861. The molecule has 0 saturated carbocycles. The Hall–Kier alpha value is -1.95. The lowest BCUT2D eigenvalue weighted by Crippen LogP contribution is -2.49. The summed E-state index contributed by atoms with van der Waals surface area (Å²) in [6, 6.07) is 5.90. The van der Waals surface area contributed by atoms with Gasteiger partial charge in [-0.2, -0.15) is 0 Å². The number of hydrogen-bond donors (Lipinski definition) is 0. The van der Waals surface area contributed by atoms with Crippen molar-refractivity contribution in [2.24, 2.45) is 0 Å². The number of nitrogens with zero attached hydrogens (tertiary/aromatic N) is 3. The molecule has 2 saturated heterocycles. The van der Waals surface area contributed by atoms with Crippen LogP contribution in [-0.2, 0) is 4.79 Å². The first-order chi connectivity index (χ1) is 11.7. The van der Waals surface area contributed by atoms with Gasteiger partial charge in [0.1, 0.15) is 0 Å². The summed E-state index contributed by atoms with van der Waals surface area (Å²) >= 11 is 1.59. The summed E-state index contributed by atoms with van der Waals surface area (Å²) in [6.45, 7) is 2.30. The summed E-state index contributed by atoms with van der Waals surface area (Å²) in [5.41, 5.74) is 3.39. The van der Waals surface area contributed by atoms with Gasteiger partial charge < -0.3 is 9.80 Å². The fourth-order valence-electron chi connectivity index (χ4n) is 3.77. The number of fused-ring (bicyclic) bond motifs is 1. The molecule has 2 aliphatic heterocycles. The van der Waals surface area contributed by atoms with Gasteiger partial charge in [0.25, 0.3) is 5.91 Å². The molecule has 2 aromatic rings. The number of piperidine rings is 1. The summed E-state index contributed by atoms with van der Waals surface area (Å²) in [5, 5.41) is 0. The number of carbonyl (C=O) groups is 2. The van der Waals surface area contributed by atoms with E-state index in [1.54, 1.807) is 11.3 Å². The fourth-order valence-corrected chi connectivity index (χ4v) is 4.42. The molecule has 6 heteroatoms. The summed E-state index contributed by atoms with van der Waals surface area (Å²) in [7, 11) is 0. The summed E-state index contributed by atoms with van der Waals surface area (Å²) < 4.78 is 1.10. The highest BCUT2D eigenvalue weighted by atomic mass is 32.1. The lowest BCUT2D eigenvalue weighted by Gasteiger charge is -2.38. The van der Waals surface area contributed by atoms with E-state index >= 15 is 0 Å². The van der Waals surface area contributed by atoms with Crippen LogP contribution in [0.4, 0.5) is 0 Å². The molecule has 24 heavy (non-hydrogen) atoms. The maximum Gasteiger partial charge on any atom is 0.254 e. The van der Waals surface area contributed by atoms with Crippen molar-refractivity contribution in [2.45, 2.75) is 38.1 Å². The molecule has 126 valence electrons. The molecule has 0 N–H and O–H groups in total. The molecule has 0 spiro atoms. The van der Waals surface area contributed by atoms with E-state index in [1.807, 2.05) is 33.5 Å². The van der Waals surface area contributed by atoms with Gasteiger partial charge in [-0.05, 0) is 43.9 Å². The normalized spacial score (nSPS) is 21.7. The van der Waals surface area contributed by atoms with Crippen molar-refractivity contribution in [1.29, 1.82) is 0 Å². The van der Waals surface area contributed by atoms with Gasteiger partial charge in [-0.1, -0.05) is 0 Å². The number of hydrogen-bond acceptors (Lipinski definition) is 4. The zero-order valence-corrected chi connectivity index (χ0v) is 14.4. The first-order valence-electron chi connectivity index (χ1n) is 8.64. The second-order valence-electron chi connectivity index (χ2n) is 6.63. The van der Waals surface area contributed by atoms with Gasteiger partial charge in [0, 0.05) is 37.7 Å². The van der Waals surface area contributed by atoms with Crippen molar-refractivity contribution in [2.75, 3.05) is 19.6 Å². The zero-order valence-electron chi connectivity index (χ0n) is 13.6. The third-order valence-corrected chi connectivity index (χ3v) is 5.88. The predicted octanol–water partition coefficient (Wildman–Crippen LogP) is 2.91. The molecule has 4 rings (SSSR count). The average molecular weight is 343 g/mol. The molecule has 5 nitrogen and oxygen atoms in total. The number of aromatic nitrogens is 1. The minimum atomic E-state index is 0.0706. The first-order valence-corrected chi connectivity index (χ1v) is 9.52. The standard InChI is InChI=1S/C18H21N3O2S/c22-17-5-3-8-20(17)11-14-4-1-2-9-21(14)18(23)13-6-7-16-15(10-13)19-12-24-16/h6-7,10,12,14H,1-5,8-9,11H2. The molecular formula is C18H21N3O2S. The molecule has 2 fully saturated rings. The molecule has 1 aromatic heterocycles. The van der Waals surface area contributed by atoms with Gasteiger partial charge in [0.05, 0.1) is 15.7 Å². The molecule has 2 aliphatic rings. The van der Waals surface area contributed by atoms with Crippen LogP contribution < -0.4 is 0 Å². The molecule has 0 bridgehead atoms. The maximum atomic E-state index is 13.0. The Morgan fingerprint density at radius 2 is 2.17 bits per heavy atom. The van der Waals surface area contributed by atoms with Crippen LogP contribution in [0.2, 0.25) is 0 Å². The van der Waals surface area contributed by atoms with Crippen LogP contribution in [0.3, 0.4) is 0 Å².